The van der Waals surface area contributed by atoms with E-state index in [2.05, 4.69) is 16.8 Å². The highest BCUT2D eigenvalue weighted by Crippen LogP contribution is 2.25. The van der Waals surface area contributed by atoms with Gasteiger partial charge in [-0.1, -0.05) is 31.9 Å². The number of halogens is 1. The first-order valence-corrected chi connectivity index (χ1v) is 10.6. The van der Waals surface area contributed by atoms with Gasteiger partial charge in [-0.2, -0.15) is 0 Å². The molecule has 1 saturated heterocycles. The van der Waals surface area contributed by atoms with E-state index in [9.17, 15) is 9.18 Å². The maximum Gasteiger partial charge on any atom is 0.222 e. The largest absolute Gasteiger partial charge is 0.353 e. The number of carbonyl (C=O) groups excluding carboxylic acids is 1. The van der Waals surface area contributed by atoms with Crippen LogP contribution in [0.25, 0.3) is 0 Å². The molecule has 0 unspecified atom stereocenters. The molecule has 2 heterocycles. The first-order valence-electron chi connectivity index (χ1n) is 10.6. The molecule has 1 amide bonds. The predicted molar refractivity (Wildman–Crippen MR) is 114 cm³/mol. The number of aryl methyl sites for hydroxylation is 2. The van der Waals surface area contributed by atoms with Gasteiger partial charge in [0, 0.05) is 50.3 Å². The van der Waals surface area contributed by atoms with Gasteiger partial charge in [0.1, 0.15) is 17.5 Å². The Morgan fingerprint density at radius 2 is 1.86 bits per heavy atom. The van der Waals surface area contributed by atoms with Gasteiger partial charge < -0.3 is 9.80 Å². The summed E-state index contributed by atoms with van der Waals surface area (Å²) < 4.78 is 13.6. The number of hydrogen-bond donors (Lipinski definition) is 0. The summed E-state index contributed by atoms with van der Waals surface area (Å²) in [5, 5.41) is 0. The van der Waals surface area contributed by atoms with E-state index in [0.29, 0.717) is 25.9 Å². The Morgan fingerprint density at radius 3 is 2.55 bits per heavy atom. The Labute approximate surface area is 173 Å². The Kier molecular flexibility index (Phi) is 7.18. The minimum absolute atomic E-state index is 0.232. The van der Waals surface area contributed by atoms with Gasteiger partial charge in [0.25, 0.3) is 0 Å². The number of benzene rings is 1. The highest BCUT2D eigenvalue weighted by atomic mass is 19.1. The molecular formula is C23H31FN4O. The number of rotatable bonds is 7. The van der Waals surface area contributed by atoms with E-state index in [-0.39, 0.29) is 11.7 Å². The third-order valence-electron chi connectivity index (χ3n) is 5.50. The minimum atomic E-state index is -0.232. The quantitative estimate of drug-likeness (QED) is 0.660. The molecule has 1 aromatic carbocycles. The highest BCUT2D eigenvalue weighted by Gasteiger charge is 2.24. The van der Waals surface area contributed by atoms with Gasteiger partial charge in [-0.3, -0.25) is 4.79 Å². The summed E-state index contributed by atoms with van der Waals surface area (Å²) in [4.78, 5) is 25.9. The SMILES string of the molecule is CCCCCC(=O)N1CCN(c2nc(C)nc(C)c2Cc2cccc(F)c2)CC1. The molecule has 156 valence electrons. The van der Waals surface area contributed by atoms with Gasteiger partial charge in [-0.15, -0.1) is 0 Å². The molecule has 1 aliphatic heterocycles. The van der Waals surface area contributed by atoms with Crippen molar-refractivity contribution in [1.29, 1.82) is 0 Å². The monoisotopic (exact) mass is 398 g/mol. The van der Waals surface area contributed by atoms with Crippen LogP contribution in [0.1, 0.15) is 55.3 Å². The van der Waals surface area contributed by atoms with E-state index in [1.807, 2.05) is 24.8 Å². The molecule has 0 N–H and O–H groups in total. The molecular weight excluding hydrogens is 367 g/mol. The lowest BCUT2D eigenvalue weighted by Crippen LogP contribution is -2.49. The Hall–Kier alpha value is -2.50. The van der Waals surface area contributed by atoms with Crippen LogP contribution in [-0.4, -0.2) is 47.0 Å². The van der Waals surface area contributed by atoms with Crippen LogP contribution in [0.3, 0.4) is 0 Å². The molecule has 0 spiro atoms. The van der Waals surface area contributed by atoms with Gasteiger partial charge in [-0.05, 0) is 38.0 Å². The van der Waals surface area contributed by atoms with Crippen LogP contribution in [0.2, 0.25) is 0 Å². The summed E-state index contributed by atoms with van der Waals surface area (Å²) >= 11 is 0. The van der Waals surface area contributed by atoms with Crippen molar-refractivity contribution >= 4 is 11.7 Å². The lowest BCUT2D eigenvalue weighted by Gasteiger charge is -2.36. The molecule has 0 saturated carbocycles. The zero-order valence-electron chi connectivity index (χ0n) is 17.7. The van der Waals surface area contributed by atoms with Gasteiger partial charge >= 0.3 is 0 Å². The first kappa shape index (κ1) is 21.2. The minimum Gasteiger partial charge on any atom is -0.353 e. The zero-order valence-corrected chi connectivity index (χ0v) is 17.7. The number of amides is 1. The third kappa shape index (κ3) is 5.52. The van der Waals surface area contributed by atoms with Crippen molar-refractivity contribution in [1.82, 2.24) is 14.9 Å². The second-order valence-electron chi connectivity index (χ2n) is 7.79. The summed E-state index contributed by atoms with van der Waals surface area (Å²) in [5.74, 6) is 1.67. The maximum atomic E-state index is 13.6. The predicted octanol–water partition coefficient (Wildman–Crippen LogP) is 4.05. The third-order valence-corrected chi connectivity index (χ3v) is 5.50. The molecule has 1 aliphatic rings. The van der Waals surface area contributed by atoms with Crippen molar-refractivity contribution in [3.05, 3.63) is 52.7 Å². The molecule has 1 aromatic heterocycles. The number of aromatic nitrogens is 2. The van der Waals surface area contributed by atoms with Crippen molar-refractivity contribution in [3.63, 3.8) is 0 Å². The Balaban J connectivity index is 1.73. The van der Waals surface area contributed by atoms with E-state index in [1.54, 1.807) is 12.1 Å². The normalized spacial score (nSPS) is 14.3. The topological polar surface area (TPSA) is 49.3 Å². The highest BCUT2D eigenvalue weighted by molar-refractivity contribution is 5.76. The number of unbranched alkanes of at least 4 members (excludes halogenated alkanes) is 2. The molecule has 5 nitrogen and oxygen atoms in total. The summed E-state index contributed by atoms with van der Waals surface area (Å²) in [6.45, 7) is 8.97. The fraction of sp³-hybridized carbons (Fsp3) is 0.522. The first-order chi connectivity index (χ1) is 14.0. The van der Waals surface area contributed by atoms with E-state index in [4.69, 9.17) is 4.98 Å². The zero-order chi connectivity index (χ0) is 20.8. The Bertz CT molecular complexity index is 847. The van der Waals surface area contributed by atoms with E-state index in [0.717, 1.165) is 60.8 Å². The van der Waals surface area contributed by atoms with Gasteiger partial charge in [0.15, 0.2) is 0 Å². The van der Waals surface area contributed by atoms with Gasteiger partial charge in [-0.25, -0.2) is 14.4 Å². The van der Waals surface area contributed by atoms with Crippen molar-refractivity contribution in [3.8, 4) is 0 Å². The summed E-state index contributed by atoms with van der Waals surface area (Å²) in [5.41, 5.74) is 2.87. The molecule has 0 bridgehead atoms. The molecule has 3 rings (SSSR count). The second kappa shape index (κ2) is 9.81. The van der Waals surface area contributed by atoms with Crippen molar-refractivity contribution in [2.24, 2.45) is 0 Å². The molecule has 1 fully saturated rings. The smallest absolute Gasteiger partial charge is 0.222 e. The van der Waals surface area contributed by atoms with Gasteiger partial charge in [0.2, 0.25) is 5.91 Å². The van der Waals surface area contributed by atoms with Crippen LogP contribution in [-0.2, 0) is 11.2 Å². The Morgan fingerprint density at radius 1 is 1.10 bits per heavy atom. The maximum absolute atomic E-state index is 13.6. The molecule has 2 aromatic rings. The molecule has 29 heavy (non-hydrogen) atoms. The fourth-order valence-corrected chi connectivity index (χ4v) is 3.89. The van der Waals surface area contributed by atoms with Crippen molar-refractivity contribution < 1.29 is 9.18 Å². The molecule has 0 aliphatic carbocycles. The number of anilines is 1. The average Bonchev–Trinajstić information content (AvgIpc) is 2.70. The summed E-state index contributed by atoms with van der Waals surface area (Å²) in [7, 11) is 0. The van der Waals surface area contributed by atoms with E-state index < -0.39 is 0 Å². The molecule has 0 radical (unpaired) electrons. The standard InChI is InChI=1S/C23H31FN4O/c1-4-5-6-10-22(29)27-11-13-28(14-12-27)23-21(17(2)25-18(3)26-23)16-19-8-7-9-20(24)15-19/h7-9,15H,4-6,10-14,16H2,1-3H3. The summed E-state index contributed by atoms with van der Waals surface area (Å²) in [6, 6.07) is 6.69. The van der Waals surface area contributed by atoms with Crippen molar-refractivity contribution in [2.45, 2.75) is 52.9 Å². The number of piperazine rings is 1. The number of nitrogens with zero attached hydrogens (tertiary/aromatic N) is 4. The van der Waals surface area contributed by atoms with Crippen LogP contribution in [0.4, 0.5) is 10.2 Å². The van der Waals surface area contributed by atoms with Crippen LogP contribution in [0.15, 0.2) is 24.3 Å². The van der Waals surface area contributed by atoms with Crippen LogP contribution in [0.5, 0.6) is 0 Å². The number of carbonyl (C=O) groups is 1. The van der Waals surface area contributed by atoms with Crippen molar-refractivity contribution in [2.75, 3.05) is 31.1 Å². The number of hydrogen-bond acceptors (Lipinski definition) is 4. The van der Waals surface area contributed by atoms with Crippen LogP contribution < -0.4 is 4.90 Å². The van der Waals surface area contributed by atoms with Gasteiger partial charge in [0.05, 0.1) is 0 Å². The van der Waals surface area contributed by atoms with Crippen LogP contribution in [0, 0.1) is 19.7 Å². The molecule has 0 atom stereocenters. The summed E-state index contributed by atoms with van der Waals surface area (Å²) in [6.07, 6.45) is 4.44. The molecule has 6 heteroatoms. The van der Waals surface area contributed by atoms with E-state index in [1.165, 1.54) is 6.07 Å². The second-order valence-corrected chi connectivity index (χ2v) is 7.79. The van der Waals surface area contributed by atoms with Crippen LogP contribution >= 0.6 is 0 Å². The average molecular weight is 399 g/mol. The fourth-order valence-electron chi connectivity index (χ4n) is 3.89. The lowest BCUT2D eigenvalue weighted by atomic mass is 10.0. The lowest BCUT2D eigenvalue weighted by molar-refractivity contribution is -0.131. The van der Waals surface area contributed by atoms with E-state index >= 15 is 0 Å².